The summed E-state index contributed by atoms with van der Waals surface area (Å²) in [7, 11) is 1.21. The minimum Gasteiger partial charge on any atom is -0.465 e. The van der Waals surface area contributed by atoms with Gasteiger partial charge in [0.05, 0.1) is 24.3 Å². The number of hydrogen-bond acceptors (Lipinski definition) is 4. The SMILES string of the molecule is COC(=O)c1ccc(F)c(NC(=O)C2CNC(=O)C2)c1. The van der Waals surface area contributed by atoms with Crippen LogP contribution in [0, 0.1) is 11.7 Å². The van der Waals surface area contributed by atoms with Gasteiger partial charge in [-0.25, -0.2) is 9.18 Å². The van der Waals surface area contributed by atoms with Crippen LogP contribution in [0.4, 0.5) is 10.1 Å². The molecule has 0 bridgehead atoms. The molecule has 1 heterocycles. The second kappa shape index (κ2) is 5.68. The Kier molecular flexibility index (Phi) is 3.97. The summed E-state index contributed by atoms with van der Waals surface area (Å²) in [4.78, 5) is 34.3. The van der Waals surface area contributed by atoms with Crippen LogP contribution in [-0.4, -0.2) is 31.4 Å². The first-order valence-corrected chi connectivity index (χ1v) is 5.96. The van der Waals surface area contributed by atoms with Gasteiger partial charge < -0.3 is 15.4 Å². The van der Waals surface area contributed by atoms with Crippen molar-refractivity contribution in [3.63, 3.8) is 0 Å². The van der Waals surface area contributed by atoms with Gasteiger partial charge in [0.15, 0.2) is 0 Å². The van der Waals surface area contributed by atoms with Crippen molar-refractivity contribution in [3.8, 4) is 0 Å². The van der Waals surface area contributed by atoms with Crippen LogP contribution in [0.3, 0.4) is 0 Å². The van der Waals surface area contributed by atoms with E-state index >= 15 is 0 Å². The number of anilines is 1. The molecule has 20 heavy (non-hydrogen) atoms. The molecule has 1 atom stereocenters. The quantitative estimate of drug-likeness (QED) is 0.798. The lowest BCUT2D eigenvalue weighted by Gasteiger charge is -2.11. The van der Waals surface area contributed by atoms with Crippen molar-refractivity contribution in [2.75, 3.05) is 19.0 Å². The van der Waals surface area contributed by atoms with Crippen molar-refractivity contribution in [1.82, 2.24) is 5.32 Å². The fraction of sp³-hybridized carbons (Fsp3) is 0.308. The van der Waals surface area contributed by atoms with E-state index in [1.165, 1.54) is 19.2 Å². The average Bonchev–Trinajstić information content (AvgIpc) is 2.87. The average molecular weight is 280 g/mol. The van der Waals surface area contributed by atoms with Gasteiger partial charge in [0, 0.05) is 13.0 Å². The van der Waals surface area contributed by atoms with Gasteiger partial charge in [0.1, 0.15) is 5.82 Å². The number of benzene rings is 1. The Labute approximate surface area is 114 Å². The molecule has 1 unspecified atom stereocenters. The largest absolute Gasteiger partial charge is 0.465 e. The van der Waals surface area contributed by atoms with E-state index in [9.17, 15) is 18.8 Å². The van der Waals surface area contributed by atoms with E-state index < -0.39 is 23.6 Å². The van der Waals surface area contributed by atoms with Crippen LogP contribution in [0.1, 0.15) is 16.8 Å². The lowest BCUT2D eigenvalue weighted by atomic mass is 10.1. The van der Waals surface area contributed by atoms with Gasteiger partial charge in [0.2, 0.25) is 11.8 Å². The zero-order chi connectivity index (χ0) is 14.7. The van der Waals surface area contributed by atoms with E-state index in [2.05, 4.69) is 15.4 Å². The van der Waals surface area contributed by atoms with Crippen LogP contribution >= 0.6 is 0 Å². The van der Waals surface area contributed by atoms with Crippen molar-refractivity contribution >= 4 is 23.5 Å². The minimum absolute atomic E-state index is 0.0736. The van der Waals surface area contributed by atoms with Crippen LogP contribution in [-0.2, 0) is 14.3 Å². The van der Waals surface area contributed by atoms with Crippen molar-refractivity contribution < 1.29 is 23.5 Å². The highest BCUT2D eigenvalue weighted by Gasteiger charge is 2.28. The smallest absolute Gasteiger partial charge is 0.337 e. The molecule has 0 saturated carbocycles. The maximum atomic E-state index is 13.6. The molecule has 0 spiro atoms. The molecular weight excluding hydrogens is 267 g/mol. The number of rotatable bonds is 3. The third-order valence-electron chi connectivity index (χ3n) is 2.99. The number of methoxy groups -OCH3 is 1. The van der Waals surface area contributed by atoms with Gasteiger partial charge in [-0.05, 0) is 18.2 Å². The van der Waals surface area contributed by atoms with Crippen molar-refractivity contribution in [2.45, 2.75) is 6.42 Å². The number of halogens is 1. The lowest BCUT2D eigenvalue weighted by molar-refractivity contribution is -0.123. The monoisotopic (exact) mass is 280 g/mol. The molecule has 7 heteroatoms. The van der Waals surface area contributed by atoms with Gasteiger partial charge in [-0.2, -0.15) is 0 Å². The summed E-state index contributed by atoms with van der Waals surface area (Å²) in [6.07, 6.45) is 0.0736. The number of hydrogen-bond donors (Lipinski definition) is 2. The van der Waals surface area contributed by atoms with Gasteiger partial charge in [-0.15, -0.1) is 0 Å². The molecule has 1 aromatic carbocycles. The van der Waals surface area contributed by atoms with Crippen molar-refractivity contribution in [1.29, 1.82) is 0 Å². The molecule has 0 radical (unpaired) electrons. The van der Waals surface area contributed by atoms with Crippen LogP contribution in [0.2, 0.25) is 0 Å². The number of nitrogens with one attached hydrogen (secondary N) is 2. The Balaban J connectivity index is 2.14. The van der Waals surface area contributed by atoms with Crippen LogP contribution < -0.4 is 10.6 Å². The second-order valence-corrected chi connectivity index (χ2v) is 4.38. The fourth-order valence-corrected chi connectivity index (χ4v) is 1.89. The summed E-state index contributed by atoms with van der Waals surface area (Å²) >= 11 is 0. The van der Waals surface area contributed by atoms with Crippen LogP contribution in [0.25, 0.3) is 0 Å². The van der Waals surface area contributed by atoms with E-state index in [1.54, 1.807) is 0 Å². The Morgan fingerprint density at radius 2 is 2.20 bits per heavy atom. The molecule has 1 aliphatic rings. The van der Waals surface area contributed by atoms with E-state index in [1.807, 2.05) is 0 Å². The summed E-state index contributed by atoms with van der Waals surface area (Å²) in [5, 5.41) is 4.90. The Hall–Kier alpha value is -2.44. The Bertz CT molecular complexity index is 573. The maximum Gasteiger partial charge on any atom is 0.337 e. The van der Waals surface area contributed by atoms with E-state index in [4.69, 9.17) is 0 Å². The third-order valence-corrected chi connectivity index (χ3v) is 2.99. The second-order valence-electron chi connectivity index (χ2n) is 4.38. The Morgan fingerprint density at radius 3 is 2.80 bits per heavy atom. The predicted octanol–water partition coefficient (Wildman–Crippen LogP) is 0.687. The number of carbonyl (C=O) groups is 3. The molecule has 2 rings (SSSR count). The highest BCUT2D eigenvalue weighted by Crippen LogP contribution is 2.19. The number of carbonyl (C=O) groups excluding carboxylic acids is 3. The van der Waals surface area contributed by atoms with Crippen molar-refractivity contribution in [2.24, 2.45) is 5.92 Å². The highest BCUT2D eigenvalue weighted by atomic mass is 19.1. The molecule has 0 aliphatic carbocycles. The molecule has 2 amide bonds. The first-order chi connectivity index (χ1) is 9.51. The molecule has 1 aliphatic heterocycles. The van der Waals surface area contributed by atoms with Gasteiger partial charge in [0.25, 0.3) is 0 Å². The fourth-order valence-electron chi connectivity index (χ4n) is 1.89. The van der Waals surface area contributed by atoms with E-state index in [0.717, 1.165) is 6.07 Å². The zero-order valence-corrected chi connectivity index (χ0v) is 10.7. The van der Waals surface area contributed by atoms with Gasteiger partial charge in [-0.3, -0.25) is 9.59 Å². The third kappa shape index (κ3) is 2.93. The molecule has 1 fully saturated rings. The molecule has 2 N–H and O–H groups in total. The molecule has 106 valence electrons. The maximum absolute atomic E-state index is 13.6. The molecule has 1 aromatic rings. The van der Waals surface area contributed by atoms with Crippen molar-refractivity contribution in [3.05, 3.63) is 29.6 Å². The molecular formula is C13H13FN2O4. The number of amides is 2. The number of esters is 1. The topological polar surface area (TPSA) is 84.5 Å². The summed E-state index contributed by atoms with van der Waals surface area (Å²) in [6, 6.07) is 3.53. The van der Waals surface area contributed by atoms with Gasteiger partial charge in [-0.1, -0.05) is 0 Å². The normalized spacial score (nSPS) is 17.5. The minimum atomic E-state index is -0.664. The lowest BCUT2D eigenvalue weighted by Crippen LogP contribution is -2.25. The Morgan fingerprint density at radius 1 is 1.45 bits per heavy atom. The zero-order valence-electron chi connectivity index (χ0n) is 10.7. The highest BCUT2D eigenvalue weighted by molar-refractivity contribution is 5.98. The van der Waals surface area contributed by atoms with E-state index in [-0.39, 0.29) is 30.1 Å². The standard InChI is InChI=1S/C13H13FN2O4/c1-20-13(19)7-2-3-9(14)10(4-7)16-12(18)8-5-11(17)15-6-8/h2-4,8H,5-6H2,1H3,(H,15,17)(H,16,18). The first-order valence-electron chi connectivity index (χ1n) is 5.96. The number of ether oxygens (including phenoxy) is 1. The van der Waals surface area contributed by atoms with E-state index in [0.29, 0.717) is 0 Å². The summed E-state index contributed by atoms with van der Waals surface area (Å²) in [5.41, 5.74) is 0.0158. The molecule has 6 nitrogen and oxygen atoms in total. The summed E-state index contributed by atoms with van der Waals surface area (Å²) in [5.74, 6) is -2.51. The van der Waals surface area contributed by atoms with Crippen LogP contribution in [0.5, 0.6) is 0 Å². The molecule has 0 aromatic heterocycles. The first kappa shape index (κ1) is 14.0. The summed E-state index contributed by atoms with van der Waals surface area (Å²) < 4.78 is 18.1. The molecule has 1 saturated heterocycles. The summed E-state index contributed by atoms with van der Waals surface area (Å²) in [6.45, 7) is 0.225. The predicted molar refractivity (Wildman–Crippen MR) is 67.5 cm³/mol. The van der Waals surface area contributed by atoms with Gasteiger partial charge >= 0.3 is 5.97 Å². The van der Waals surface area contributed by atoms with Crippen LogP contribution in [0.15, 0.2) is 18.2 Å².